The highest BCUT2D eigenvalue weighted by Gasteiger charge is 2.38. The van der Waals surface area contributed by atoms with Crippen molar-refractivity contribution in [1.29, 1.82) is 0 Å². The van der Waals surface area contributed by atoms with Gasteiger partial charge in [-0.1, -0.05) is 103 Å². The number of hydrogen-bond acceptors (Lipinski definition) is 1. The average molecular weight is 490 g/mol. The van der Waals surface area contributed by atoms with E-state index in [0.29, 0.717) is 5.92 Å². The summed E-state index contributed by atoms with van der Waals surface area (Å²) in [6.07, 6.45) is 21.7. The fraction of sp³-hybridized carbons (Fsp3) is 0.135. The summed E-state index contributed by atoms with van der Waals surface area (Å²) in [5.41, 5.74) is 12.9. The van der Waals surface area contributed by atoms with E-state index >= 15 is 0 Å². The molecule has 4 aliphatic carbocycles. The van der Waals surface area contributed by atoms with Gasteiger partial charge in [-0.2, -0.15) is 0 Å². The van der Waals surface area contributed by atoms with Crippen LogP contribution in [0.5, 0.6) is 0 Å². The van der Waals surface area contributed by atoms with Crippen LogP contribution < -0.4 is 4.90 Å². The molecule has 38 heavy (non-hydrogen) atoms. The summed E-state index contributed by atoms with van der Waals surface area (Å²) in [4.78, 5) is 2.39. The van der Waals surface area contributed by atoms with Crippen molar-refractivity contribution in [2.75, 3.05) is 4.90 Å². The van der Waals surface area contributed by atoms with Gasteiger partial charge in [-0.05, 0) is 90.1 Å². The lowest BCUT2D eigenvalue weighted by molar-refractivity contribution is 0.716. The van der Waals surface area contributed by atoms with E-state index in [4.69, 9.17) is 0 Å². The number of hydrogen-bond donors (Lipinski definition) is 0. The first-order valence-corrected chi connectivity index (χ1v) is 13.6. The normalized spacial score (nSPS) is 22.8. The highest BCUT2D eigenvalue weighted by molar-refractivity contribution is 5.89. The first-order valence-electron chi connectivity index (χ1n) is 13.6. The molecule has 3 aromatic rings. The Balaban J connectivity index is 1.33. The number of nitrogens with zero attached hydrogens (tertiary/aromatic N) is 1. The van der Waals surface area contributed by atoms with Crippen LogP contribution in [-0.2, 0) is 5.41 Å². The molecule has 2 unspecified atom stereocenters. The summed E-state index contributed by atoms with van der Waals surface area (Å²) in [5, 5.41) is 0. The number of benzene rings is 3. The molecule has 0 aromatic heterocycles. The van der Waals surface area contributed by atoms with Gasteiger partial charge in [0.25, 0.3) is 0 Å². The number of anilines is 2. The van der Waals surface area contributed by atoms with Crippen molar-refractivity contribution >= 4 is 22.5 Å². The minimum Gasteiger partial charge on any atom is -0.311 e. The number of allylic oxidation sites excluding steroid dienone is 13. The van der Waals surface area contributed by atoms with Gasteiger partial charge in [-0.15, -0.1) is 0 Å². The van der Waals surface area contributed by atoms with Gasteiger partial charge in [-0.3, -0.25) is 0 Å². The van der Waals surface area contributed by atoms with Crippen molar-refractivity contribution in [3.63, 3.8) is 0 Å². The Morgan fingerprint density at radius 3 is 2.34 bits per heavy atom. The third-order valence-electron chi connectivity index (χ3n) is 8.64. The van der Waals surface area contributed by atoms with Crippen molar-refractivity contribution < 1.29 is 0 Å². The highest BCUT2D eigenvalue weighted by atomic mass is 15.1. The molecular formula is C37H31N. The molecule has 2 bridgehead atoms. The monoisotopic (exact) mass is 489 g/mol. The molecule has 3 aromatic carbocycles. The van der Waals surface area contributed by atoms with Crippen molar-refractivity contribution in [3.8, 4) is 0 Å². The maximum absolute atomic E-state index is 2.46. The van der Waals surface area contributed by atoms with Crippen LogP contribution in [0.25, 0.3) is 11.1 Å². The van der Waals surface area contributed by atoms with E-state index in [-0.39, 0.29) is 5.41 Å². The van der Waals surface area contributed by atoms with Gasteiger partial charge < -0.3 is 4.90 Å². The molecule has 0 amide bonds. The van der Waals surface area contributed by atoms with Crippen LogP contribution in [0.2, 0.25) is 0 Å². The molecule has 0 N–H and O–H groups in total. The van der Waals surface area contributed by atoms with E-state index in [1.165, 1.54) is 44.7 Å². The first-order chi connectivity index (χ1) is 18.6. The van der Waals surface area contributed by atoms with Crippen molar-refractivity contribution in [2.45, 2.75) is 25.7 Å². The van der Waals surface area contributed by atoms with E-state index in [9.17, 15) is 0 Å². The van der Waals surface area contributed by atoms with Gasteiger partial charge in [0.05, 0.1) is 0 Å². The molecule has 4 aliphatic rings. The zero-order valence-corrected chi connectivity index (χ0v) is 21.9. The zero-order valence-electron chi connectivity index (χ0n) is 21.9. The summed E-state index contributed by atoms with van der Waals surface area (Å²) in [5.74, 6) is 0.484. The smallest absolute Gasteiger partial charge is 0.0461 e. The van der Waals surface area contributed by atoms with Crippen LogP contribution in [0.15, 0.2) is 150 Å². The summed E-state index contributed by atoms with van der Waals surface area (Å²) in [7, 11) is 0. The lowest BCUT2D eigenvalue weighted by atomic mass is 9.79. The summed E-state index contributed by atoms with van der Waals surface area (Å²) < 4.78 is 0. The number of rotatable bonds is 4. The lowest BCUT2D eigenvalue weighted by Gasteiger charge is -2.31. The van der Waals surface area contributed by atoms with Gasteiger partial charge in [-0.25, -0.2) is 0 Å². The molecule has 0 heterocycles. The van der Waals surface area contributed by atoms with Crippen LogP contribution in [0.3, 0.4) is 0 Å². The molecule has 7 rings (SSSR count). The van der Waals surface area contributed by atoms with Gasteiger partial charge in [0.15, 0.2) is 0 Å². The van der Waals surface area contributed by atoms with Crippen LogP contribution in [0.4, 0.5) is 11.4 Å². The predicted octanol–water partition coefficient (Wildman–Crippen LogP) is 9.48. The molecule has 0 aliphatic heterocycles. The molecule has 2 atom stereocenters. The number of fused-ring (bicyclic) bond motifs is 5. The van der Waals surface area contributed by atoms with E-state index in [1.807, 2.05) is 0 Å². The Bertz CT molecular complexity index is 1640. The average Bonchev–Trinajstić information content (AvgIpc) is 3.08. The third-order valence-corrected chi connectivity index (χ3v) is 8.64. The van der Waals surface area contributed by atoms with Crippen molar-refractivity contribution in [3.05, 3.63) is 167 Å². The topological polar surface area (TPSA) is 3.24 Å². The Morgan fingerprint density at radius 2 is 1.50 bits per heavy atom. The predicted molar refractivity (Wildman–Crippen MR) is 161 cm³/mol. The van der Waals surface area contributed by atoms with Crippen molar-refractivity contribution in [1.82, 2.24) is 0 Å². The van der Waals surface area contributed by atoms with E-state index in [1.54, 1.807) is 0 Å². The first kappa shape index (κ1) is 22.8. The lowest BCUT2D eigenvalue weighted by Crippen LogP contribution is -2.23. The Hall–Kier alpha value is -4.36. The Labute approximate surface area is 225 Å². The SMILES string of the molecule is CC1=C2C=CC(N(c3ccccc3)c3ccc(C4=C5C=CC=CC5CC=C4)cc3)=CC1(C)c1ccccc12. The second kappa shape index (κ2) is 8.89. The Morgan fingerprint density at radius 1 is 0.737 bits per heavy atom. The zero-order chi connectivity index (χ0) is 25.7. The van der Waals surface area contributed by atoms with Gasteiger partial charge >= 0.3 is 0 Å². The quantitative estimate of drug-likeness (QED) is 0.353. The summed E-state index contributed by atoms with van der Waals surface area (Å²) in [6.45, 7) is 4.65. The molecule has 0 spiro atoms. The van der Waals surface area contributed by atoms with Gasteiger partial charge in [0, 0.05) is 28.4 Å². The maximum Gasteiger partial charge on any atom is 0.0461 e. The van der Waals surface area contributed by atoms with Gasteiger partial charge in [0.1, 0.15) is 0 Å². The second-order valence-corrected chi connectivity index (χ2v) is 10.8. The standard InChI is InChI=1S/C37H31N/c1-26-32-24-23-31(25-37(26,2)36-18-9-8-16-35(32)36)38(29-13-4-3-5-14-29)30-21-19-28(20-22-30)34-17-10-12-27-11-6-7-15-33(27)34/h3-11,13-25,27H,12H2,1-2H3. The molecular weight excluding hydrogens is 458 g/mol. The van der Waals surface area contributed by atoms with E-state index in [2.05, 4.69) is 152 Å². The van der Waals surface area contributed by atoms with Crippen LogP contribution in [-0.4, -0.2) is 0 Å². The molecule has 1 heteroatoms. The fourth-order valence-corrected chi connectivity index (χ4v) is 6.49. The second-order valence-electron chi connectivity index (χ2n) is 10.8. The van der Waals surface area contributed by atoms with Crippen LogP contribution in [0.1, 0.15) is 37.0 Å². The van der Waals surface area contributed by atoms with Crippen LogP contribution in [0, 0.1) is 5.92 Å². The highest BCUT2D eigenvalue weighted by Crippen LogP contribution is 2.50. The summed E-state index contributed by atoms with van der Waals surface area (Å²) in [6, 6.07) is 28.7. The van der Waals surface area contributed by atoms with Crippen molar-refractivity contribution in [2.24, 2.45) is 5.92 Å². The third kappa shape index (κ3) is 3.54. The number of para-hydroxylation sites is 1. The molecule has 0 radical (unpaired) electrons. The minimum atomic E-state index is -0.146. The van der Waals surface area contributed by atoms with E-state index < -0.39 is 0 Å². The van der Waals surface area contributed by atoms with Crippen LogP contribution >= 0.6 is 0 Å². The molecule has 0 fully saturated rings. The Kier molecular flexibility index (Phi) is 5.33. The molecule has 0 saturated carbocycles. The van der Waals surface area contributed by atoms with E-state index in [0.717, 1.165) is 17.8 Å². The molecule has 184 valence electrons. The summed E-state index contributed by atoms with van der Waals surface area (Å²) >= 11 is 0. The van der Waals surface area contributed by atoms with Gasteiger partial charge in [0.2, 0.25) is 0 Å². The fourth-order valence-electron chi connectivity index (χ4n) is 6.49. The maximum atomic E-state index is 2.46. The minimum absolute atomic E-state index is 0.146. The largest absolute Gasteiger partial charge is 0.311 e. The molecule has 1 nitrogen and oxygen atoms in total. The molecule has 0 saturated heterocycles.